The van der Waals surface area contributed by atoms with Gasteiger partial charge in [0.2, 0.25) is 0 Å². The predicted octanol–water partition coefficient (Wildman–Crippen LogP) is 1.25. The molecule has 0 amide bonds. The van der Waals surface area contributed by atoms with Crippen molar-refractivity contribution in [1.29, 1.82) is 0 Å². The maximum atomic E-state index is 8.86. The molecule has 0 heterocycles. The van der Waals surface area contributed by atoms with E-state index in [4.69, 9.17) is 10.2 Å². The Morgan fingerprint density at radius 2 is 1.25 bits per heavy atom. The van der Waals surface area contributed by atoms with Gasteiger partial charge in [-0.25, -0.2) is 0 Å². The molecule has 0 fully saturated rings. The zero-order chi connectivity index (χ0) is 9.14. The summed E-state index contributed by atoms with van der Waals surface area (Å²) in [5.41, 5.74) is 1.45. The SMILES string of the molecule is OCc1ccc(CO)c(S)c1S. The van der Waals surface area contributed by atoms with Crippen molar-refractivity contribution >= 4 is 25.3 Å². The van der Waals surface area contributed by atoms with Crippen LogP contribution in [-0.4, -0.2) is 10.2 Å². The molecular formula is C8H10O2S2. The number of rotatable bonds is 2. The summed E-state index contributed by atoms with van der Waals surface area (Å²) < 4.78 is 0. The van der Waals surface area contributed by atoms with Gasteiger partial charge in [-0.05, 0) is 11.1 Å². The molecule has 0 bridgehead atoms. The molecule has 1 aromatic carbocycles. The summed E-state index contributed by atoms with van der Waals surface area (Å²) >= 11 is 8.34. The highest BCUT2D eigenvalue weighted by Gasteiger charge is 2.05. The van der Waals surface area contributed by atoms with Crippen LogP contribution in [0.2, 0.25) is 0 Å². The molecule has 0 spiro atoms. The summed E-state index contributed by atoms with van der Waals surface area (Å²) in [6, 6.07) is 3.46. The molecule has 0 aliphatic rings. The Labute approximate surface area is 82.1 Å². The van der Waals surface area contributed by atoms with E-state index >= 15 is 0 Å². The fraction of sp³-hybridized carbons (Fsp3) is 0.250. The van der Waals surface area contributed by atoms with E-state index in [2.05, 4.69) is 25.3 Å². The highest BCUT2D eigenvalue weighted by atomic mass is 32.1. The van der Waals surface area contributed by atoms with Gasteiger partial charge in [-0.15, -0.1) is 25.3 Å². The average Bonchev–Trinajstić information content (AvgIpc) is 2.10. The van der Waals surface area contributed by atoms with Gasteiger partial charge in [0.25, 0.3) is 0 Å². The van der Waals surface area contributed by atoms with Crippen molar-refractivity contribution in [2.24, 2.45) is 0 Å². The van der Waals surface area contributed by atoms with E-state index in [-0.39, 0.29) is 13.2 Å². The summed E-state index contributed by atoms with van der Waals surface area (Å²) in [5.74, 6) is 0. The standard InChI is InChI=1S/C8H10O2S2/c9-3-5-1-2-6(4-10)8(12)7(5)11/h1-2,9-12H,3-4H2. The lowest BCUT2D eigenvalue weighted by Crippen LogP contribution is -1.92. The van der Waals surface area contributed by atoms with E-state index < -0.39 is 0 Å². The smallest absolute Gasteiger partial charge is 0.0693 e. The summed E-state index contributed by atoms with van der Waals surface area (Å²) in [7, 11) is 0. The van der Waals surface area contributed by atoms with Gasteiger partial charge in [-0.3, -0.25) is 0 Å². The van der Waals surface area contributed by atoms with E-state index in [9.17, 15) is 0 Å². The normalized spacial score (nSPS) is 10.3. The first-order valence-corrected chi connectivity index (χ1v) is 4.34. The molecule has 4 heteroatoms. The van der Waals surface area contributed by atoms with Crippen LogP contribution in [0.25, 0.3) is 0 Å². The minimum atomic E-state index is -0.0574. The number of aliphatic hydroxyl groups excluding tert-OH is 2. The third-order valence-electron chi connectivity index (χ3n) is 1.66. The number of aliphatic hydroxyl groups is 2. The van der Waals surface area contributed by atoms with E-state index in [1.54, 1.807) is 12.1 Å². The van der Waals surface area contributed by atoms with Crippen LogP contribution in [0.15, 0.2) is 21.9 Å². The molecule has 0 radical (unpaired) electrons. The van der Waals surface area contributed by atoms with Gasteiger partial charge >= 0.3 is 0 Å². The Balaban J connectivity index is 3.20. The van der Waals surface area contributed by atoms with Gasteiger partial charge in [-0.1, -0.05) is 12.1 Å². The molecule has 2 nitrogen and oxygen atoms in total. The molecule has 0 unspecified atom stereocenters. The van der Waals surface area contributed by atoms with Crippen LogP contribution in [-0.2, 0) is 13.2 Å². The molecule has 0 aromatic heterocycles. The summed E-state index contributed by atoms with van der Waals surface area (Å²) in [6.07, 6.45) is 0. The quantitative estimate of drug-likeness (QED) is 0.545. The molecule has 0 saturated heterocycles. The van der Waals surface area contributed by atoms with Crippen molar-refractivity contribution in [3.63, 3.8) is 0 Å². The second kappa shape index (κ2) is 4.18. The lowest BCUT2D eigenvalue weighted by Gasteiger charge is -2.07. The fourth-order valence-corrected chi connectivity index (χ4v) is 1.50. The van der Waals surface area contributed by atoms with Gasteiger partial charge in [0.15, 0.2) is 0 Å². The maximum absolute atomic E-state index is 8.86. The lowest BCUT2D eigenvalue weighted by atomic mass is 10.1. The highest BCUT2D eigenvalue weighted by molar-refractivity contribution is 7.83. The summed E-state index contributed by atoms with van der Waals surface area (Å²) in [6.45, 7) is -0.115. The minimum Gasteiger partial charge on any atom is -0.392 e. The number of benzene rings is 1. The Morgan fingerprint density at radius 1 is 0.917 bits per heavy atom. The Kier molecular flexibility index (Phi) is 3.46. The van der Waals surface area contributed by atoms with Crippen molar-refractivity contribution in [3.05, 3.63) is 23.3 Å². The van der Waals surface area contributed by atoms with Crippen molar-refractivity contribution < 1.29 is 10.2 Å². The predicted molar refractivity (Wildman–Crippen MR) is 52.8 cm³/mol. The molecule has 0 atom stereocenters. The number of hydrogen-bond acceptors (Lipinski definition) is 4. The third kappa shape index (κ3) is 1.77. The Bertz CT molecular complexity index is 258. The highest BCUT2D eigenvalue weighted by Crippen LogP contribution is 2.26. The molecule has 12 heavy (non-hydrogen) atoms. The summed E-state index contributed by atoms with van der Waals surface area (Å²) in [4.78, 5) is 1.26. The van der Waals surface area contributed by atoms with Crippen LogP contribution in [0.3, 0.4) is 0 Å². The van der Waals surface area contributed by atoms with Gasteiger partial charge < -0.3 is 10.2 Å². The van der Waals surface area contributed by atoms with E-state index in [0.717, 1.165) is 11.1 Å². The van der Waals surface area contributed by atoms with Crippen LogP contribution < -0.4 is 0 Å². The molecule has 1 rings (SSSR count). The lowest BCUT2D eigenvalue weighted by molar-refractivity contribution is 0.272. The zero-order valence-corrected chi connectivity index (χ0v) is 8.15. The topological polar surface area (TPSA) is 40.5 Å². The monoisotopic (exact) mass is 202 g/mol. The largest absolute Gasteiger partial charge is 0.392 e. The van der Waals surface area contributed by atoms with Crippen molar-refractivity contribution in [2.45, 2.75) is 23.0 Å². The Morgan fingerprint density at radius 3 is 1.50 bits per heavy atom. The van der Waals surface area contributed by atoms with Gasteiger partial charge in [-0.2, -0.15) is 0 Å². The van der Waals surface area contributed by atoms with Crippen LogP contribution >= 0.6 is 25.3 Å². The van der Waals surface area contributed by atoms with Crippen LogP contribution in [0, 0.1) is 0 Å². The second-order valence-corrected chi connectivity index (χ2v) is 3.29. The molecule has 2 N–H and O–H groups in total. The van der Waals surface area contributed by atoms with Crippen LogP contribution in [0.1, 0.15) is 11.1 Å². The molecule has 1 aromatic rings. The van der Waals surface area contributed by atoms with Crippen LogP contribution in [0.4, 0.5) is 0 Å². The van der Waals surface area contributed by atoms with Gasteiger partial charge in [0.05, 0.1) is 13.2 Å². The Hall–Kier alpha value is -0.160. The molecule has 0 aliphatic carbocycles. The van der Waals surface area contributed by atoms with Crippen molar-refractivity contribution in [2.75, 3.05) is 0 Å². The van der Waals surface area contributed by atoms with Gasteiger partial charge in [0, 0.05) is 9.79 Å². The molecule has 0 aliphatic heterocycles. The first-order valence-electron chi connectivity index (χ1n) is 3.45. The van der Waals surface area contributed by atoms with Crippen LogP contribution in [0.5, 0.6) is 0 Å². The maximum Gasteiger partial charge on any atom is 0.0693 e. The van der Waals surface area contributed by atoms with Crippen molar-refractivity contribution in [1.82, 2.24) is 0 Å². The van der Waals surface area contributed by atoms with E-state index in [1.165, 1.54) is 0 Å². The molecular weight excluding hydrogens is 192 g/mol. The first-order chi connectivity index (χ1) is 5.70. The number of hydrogen-bond donors (Lipinski definition) is 4. The van der Waals surface area contributed by atoms with E-state index in [0.29, 0.717) is 9.79 Å². The van der Waals surface area contributed by atoms with E-state index in [1.807, 2.05) is 0 Å². The number of thiol groups is 2. The van der Waals surface area contributed by atoms with Gasteiger partial charge in [0.1, 0.15) is 0 Å². The first kappa shape index (κ1) is 9.92. The molecule has 0 saturated carbocycles. The van der Waals surface area contributed by atoms with Crippen molar-refractivity contribution in [3.8, 4) is 0 Å². The fourth-order valence-electron chi connectivity index (χ4n) is 0.918. The second-order valence-electron chi connectivity index (χ2n) is 2.40. The summed E-state index contributed by atoms with van der Waals surface area (Å²) in [5, 5.41) is 17.7. The third-order valence-corrected chi connectivity index (χ3v) is 2.86. The molecule has 66 valence electrons. The minimum absolute atomic E-state index is 0.0574. The zero-order valence-electron chi connectivity index (χ0n) is 6.36. The average molecular weight is 202 g/mol.